The van der Waals surface area contributed by atoms with E-state index in [0.29, 0.717) is 5.15 Å². The summed E-state index contributed by atoms with van der Waals surface area (Å²) in [4.78, 5) is 5.75. The third-order valence-corrected chi connectivity index (χ3v) is 5.11. The number of thiophene rings is 1. The van der Waals surface area contributed by atoms with Crippen LogP contribution in [0, 0.1) is 6.92 Å². The minimum Gasteiger partial charge on any atom is -0.302 e. The molecule has 1 aliphatic rings. The maximum absolute atomic E-state index is 6.41. The average Bonchev–Trinajstić information content (AvgIpc) is 3.17. The number of fused-ring (bicyclic) bond motifs is 1. The molecule has 0 spiro atoms. The molecule has 3 nitrogen and oxygen atoms in total. The Morgan fingerprint density at radius 3 is 3.00 bits per heavy atom. The van der Waals surface area contributed by atoms with Gasteiger partial charge >= 0.3 is 0 Å². The Labute approximate surface area is 137 Å². The summed E-state index contributed by atoms with van der Waals surface area (Å²) in [6, 6.07) is 12.6. The van der Waals surface area contributed by atoms with Crippen molar-refractivity contribution in [3.8, 4) is 0 Å². The van der Waals surface area contributed by atoms with Crippen LogP contribution in [0.25, 0.3) is 10.9 Å². The van der Waals surface area contributed by atoms with Crippen molar-refractivity contribution in [3.05, 3.63) is 62.9 Å². The Morgan fingerprint density at radius 2 is 2.18 bits per heavy atom. The first-order valence-corrected chi connectivity index (χ1v) is 8.39. The third-order valence-electron chi connectivity index (χ3n) is 3.89. The van der Waals surface area contributed by atoms with E-state index >= 15 is 0 Å². The second-order valence-corrected chi connectivity index (χ2v) is 6.79. The molecule has 3 heterocycles. The molecular weight excluding hydrogens is 314 g/mol. The van der Waals surface area contributed by atoms with Crippen molar-refractivity contribution < 1.29 is 0 Å². The van der Waals surface area contributed by atoms with Gasteiger partial charge in [-0.25, -0.2) is 4.98 Å². The number of nitrogens with zero attached hydrogens (tertiary/aromatic N) is 2. The van der Waals surface area contributed by atoms with Gasteiger partial charge in [0.2, 0.25) is 0 Å². The lowest BCUT2D eigenvalue weighted by atomic mass is 10.0. The van der Waals surface area contributed by atoms with Crippen molar-refractivity contribution >= 4 is 39.6 Å². The van der Waals surface area contributed by atoms with Crippen LogP contribution in [0.4, 0.5) is 0 Å². The summed E-state index contributed by atoms with van der Waals surface area (Å²) < 4.78 is 0. The lowest BCUT2D eigenvalue weighted by molar-refractivity contribution is 0.619. The van der Waals surface area contributed by atoms with E-state index in [0.717, 1.165) is 28.6 Å². The van der Waals surface area contributed by atoms with E-state index in [1.165, 1.54) is 10.4 Å². The van der Waals surface area contributed by atoms with Gasteiger partial charge in [0, 0.05) is 17.4 Å². The first-order valence-electron chi connectivity index (χ1n) is 7.13. The van der Waals surface area contributed by atoms with Crippen LogP contribution >= 0.6 is 22.9 Å². The molecule has 1 N–H and O–H groups in total. The Bertz CT molecular complexity index is 871. The maximum atomic E-state index is 6.41. The van der Waals surface area contributed by atoms with Crippen molar-refractivity contribution in [3.63, 3.8) is 0 Å². The highest BCUT2D eigenvalue weighted by atomic mass is 35.5. The molecule has 0 fully saturated rings. The molecule has 0 saturated carbocycles. The Kier molecular flexibility index (Phi) is 3.36. The Balaban J connectivity index is 1.68. The van der Waals surface area contributed by atoms with Gasteiger partial charge in [-0.15, -0.1) is 11.3 Å². The summed E-state index contributed by atoms with van der Waals surface area (Å²) in [6.07, 6.45) is 0.833. The molecule has 4 rings (SSSR count). The van der Waals surface area contributed by atoms with Gasteiger partial charge in [0.25, 0.3) is 0 Å². The molecule has 0 saturated heterocycles. The molecule has 5 heteroatoms. The fraction of sp³-hybridized carbons (Fsp3) is 0.176. The van der Waals surface area contributed by atoms with E-state index in [1.807, 2.05) is 6.07 Å². The molecule has 0 amide bonds. The van der Waals surface area contributed by atoms with Crippen LogP contribution in [0.3, 0.4) is 0 Å². The van der Waals surface area contributed by atoms with E-state index in [2.05, 4.69) is 58.1 Å². The van der Waals surface area contributed by atoms with Gasteiger partial charge in [-0.05, 0) is 36.1 Å². The number of aryl methyl sites for hydroxylation is 1. The number of rotatable bonds is 2. The molecule has 0 radical (unpaired) electrons. The van der Waals surface area contributed by atoms with Crippen LogP contribution < -0.4 is 5.43 Å². The smallest absolute Gasteiger partial charge is 0.135 e. The van der Waals surface area contributed by atoms with Crippen molar-refractivity contribution in [1.82, 2.24) is 10.4 Å². The number of nitrogens with one attached hydrogen (secondary N) is 1. The van der Waals surface area contributed by atoms with E-state index in [-0.39, 0.29) is 6.04 Å². The minimum absolute atomic E-state index is 0.0859. The van der Waals surface area contributed by atoms with Gasteiger partial charge in [0.15, 0.2) is 0 Å². The molecule has 0 bridgehead atoms. The van der Waals surface area contributed by atoms with Gasteiger partial charge < -0.3 is 5.43 Å². The van der Waals surface area contributed by atoms with Crippen LogP contribution in [0.2, 0.25) is 5.15 Å². The number of hydrogen-bond donors (Lipinski definition) is 1. The minimum atomic E-state index is 0.0859. The zero-order valence-electron chi connectivity index (χ0n) is 12.0. The standard InChI is InChI=1S/C17H14ClN3S/c1-10-4-5-11-8-12(17(18)19-13(11)7-10)14-9-15(21-20-14)16-3-2-6-22-16/h2-8,14,20H,9H2,1H3. The molecule has 110 valence electrons. The molecule has 1 unspecified atom stereocenters. The largest absolute Gasteiger partial charge is 0.302 e. The van der Waals surface area contributed by atoms with E-state index in [9.17, 15) is 0 Å². The highest BCUT2D eigenvalue weighted by molar-refractivity contribution is 7.12. The second-order valence-electron chi connectivity index (χ2n) is 5.49. The normalized spacial score (nSPS) is 17.5. The summed E-state index contributed by atoms with van der Waals surface area (Å²) in [5.74, 6) is 0. The molecule has 1 aromatic carbocycles. The van der Waals surface area contributed by atoms with Gasteiger partial charge in [-0.2, -0.15) is 5.10 Å². The molecule has 1 aliphatic heterocycles. The highest BCUT2D eigenvalue weighted by Crippen LogP contribution is 2.32. The molecule has 2 aromatic heterocycles. The van der Waals surface area contributed by atoms with E-state index in [1.54, 1.807) is 11.3 Å². The molecule has 0 aliphatic carbocycles. The number of halogens is 1. The first-order chi connectivity index (χ1) is 10.7. The molecule has 22 heavy (non-hydrogen) atoms. The van der Waals surface area contributed by atoms with Crippen LogP contribution in [0.5, 0.6) is 0 Å². The zero-order valence-corrected chi connectivity index (χ0v) is 13.6. The lowest BCUT2D eigenvalue weighted by Crippen LogP contribution is -2.11. The fourth-order valence-electron chi connectivity index (χ4n) is 2.73. The van der Waals surface area contributed by atoms with Crippen molar-refractivity contribution in [2.45, 2.75) is 19.4 Å². The first kappa shape index (κ1) is 13.7. The number of benzene rings is 1. The Morgan fingerprint density at radius 1 is 1.27 bits per heavy atom. The zero-order chi connectivity index (χ0) is 15.1. The second kappa shape index (κ2) is 5.38. The fourth-order valence-corrected chi connectivity index (χ4v) is 3.74. The summed E-state index contributed by atoms with van der Waals surface area (Å²) in [7, 11) is 0. The average molecular weight is 328 g/mol. The highest BCUT2D eigenvalue weighted by Gasteiger charge is 2.24. The van der Waals surface area contributed by atoms with Crippen molar-refractivity contribution in [2.24, 2.45) is 5.10 Å². The Hall–Kier alpha value is -1.91. The summed E-state index contributed by atoms with van der Waals surface area (Å²) in [5, 5.41) is 8.19. The number of pyridine rings is 1. The van der Waals surface area contributed by atoms with Gasteiger partial charge in [0.1, 0.15) is 5.15 Å². The maximum Gasteiger partial charge on any atom is 0.135 e. The monoisotopic (exact) mass is 327 g/mol. The van der Waals surface area contributed by atoms with Crippen LogP contribution in [-0.4, -0.2) is 10.7 Å². The van der Waals surface area contributed by atoms with Crippen molar-refractivity contribution in [1.29, 1.82) is 0 Å². The van der Waals surface area contributed by atoms with Gasteiger partial charge in [-0.3, -0.25) is 0 Å². The quantitative estimate of drug-likeness (QED) is 0.693. The van der Waals surface area contributed by atoms with Gasteiger partial charge in [-0.1, -0.05) is 29.8 Å². The summed E-state index contributed by atoms with van der Waals surface area (Å²) >= 11 is 8.12. The van der Waals surface area contributed by atoms with E-state index in [4.69, 9.17) is 11.6 Å². The van der Waals surface area contributed by atoms with Crippen molar-refractivity contribution in [2.75, 3.05) is 0 Å². The topological polar surface area (TPSA) is 37.3 Å². The van der Waals surface area contributed by atoms with Crippen LogP contribution in [0.1, 0.15) is 28.5 Å². The molecular formula is C17H14ClN3S. The summed E-state index contributed by atoms with van der Waals surface area (Å²) in [6.45, 7) is 2.06. The number of aromatic nitrogens is 1. The lowest BCUT2D eigenvalue weighted by Gasteiger charge is -2.13. The number of hydrogen-bond acceptors (Lipinski definition) is 4. The van der Waals surface area contributed by atoms with E-state index < -0.39 is 0 Å². The predicted molar refractivity (Wildman–Crippen MR) is 92.8 cm³/mol. The predicted octanol–water partition coefficient (Wildman–Crippen LogP) is 4.70. The van der Waals surface area contributed by atoms with Crippen LogP contribution in [0.15, 0.2) is 46.9 Å². The van der Waals surface area contributed by atoms with Crippen LogP contribution in [-0.2, 0) is 0 Å². The van der Waals surface area contributed by atoms with Gasteiger partial charge in [0.05, 0.1) is 22.1 Å². The number of hydrazone groups is 1. The SMILES string of the molecule is Cc1ccc2cc(C3CC(c4cccs4)=NN3)c(Cl)nc2c1. The summed E-state index contributed by atoms with van der Waals surface area (Å²) in [5.41, 5.74) is 7.41. The third kappa shape index (κ3) is 2.38. The molecule has 3 aromatic rings. The molecule has 1 atom stereocenters.